The maximum Gasteiger partial charge on any atom is 0.200 e. The van der Waals surface area contributed by atoms with Crippen LogP contribution in [0, 0.1) is 11.3 Å². The first kappa shape index (κ1) is 13.5. The first-order valence-electron chi connectivity index (χ1n) is 6.17. The van der Waals surface area contributed by atoms with Crippen LogP contribution >= 0.6 is 0 Å². The molecule has 1 aliphatic carbocycles. The molecule has 0 aromatic rings. The predicted molar refractivity (Wildman–Crippen MR) is 68.2 cm³/mol. The zero-order valence-corrected chi connectivity index (χ0v) is 10.7. The summed E-state index contributed by atoms with van der Waals surface area (Å²) in [5.74, 6) is -0.0944. The summed E-state index contributed by atoms with van der Waals surface area (Å²) in [5.41, 5.74) is 1.06. The van der Waals surface area contributed by atoms with Crippen molar-refractivity contribution in [1.29, 1.82) is 5.26 Å². The van der Waals surface area contributed by atoms with Crippen LogP contribution in [-0.4, -0.2) is 24.8 Å². The van der Waals surface area contributed by atoms with E-state index in [1.54, 1.807) is 11.1 Å². The number of carbonyl (C=O) groups is 1. The highest BCUT2D eigenvalue weighted by Gasteiger charge is 2.15. The van der Waals surface area contributed by atoms with Gasteiger partial charge in [-0.3, -0.25) is 4.79 Å². The minimum absolute atomic E-state index is 0.0944. The van der Waals surface area contributed by atoms with E-state index in [2.05, 4.69) is 0 Å². The molecule has 0 bridgehead atoms. The van der Waals surface area contributed by atoms with Gasteiger partial charge in [0.2, 0.25) is 5.78 Å². The molecule has 0 aliphatic heterocycles. The molecule has 17 heavy (non-hydrogen) atoms. The largest absolute Gasteiger partial charge is 0.382 e. The number of nitriles is 1. The van der Waals surface area contributed by atoms with E-state index in [0.29, 0.717) is 0 Å². The number of carbonyl (C=O) groups excluding carboxylic acids is 1. The van der Waals surface area contributed by atoms with Gasteiger partial charge >= 0.3 is 0 Å². The molecule has 0 amide bonds. The lowest BCUT2D eigenvalue weighted by atomic mass is 9.94. The molecule has 3 heteroatoms. The fourth-order valence-corrected chi connectivity index (χ4v) is 1.97. The Morgan fingerprint density at radius 1 is 1.35 bits per heavy atom. The minimum Gasteiger partial charge on any atom is -0.382 e. The van der Waals surface area contributed by atoms with Crippen molar-refractivity contribution < 1.29 is 4.79 Å². The van der Waals surface area contributed by atoms with Gasteiger partial charge in [0.25, 0.3) is 0 Å². The summed E-state index contributed by atoms with van der Waals surface area (Å²) in [6, 6.07) is 2.00. The van der Waals surface area contributed by atoms with Gasteiger partial charge in [-0.05, 0) is 31.3 Å². The normalized spacial score (nSPS) is 20.5. The van der Waals surface area contributed by atoms with Crippen molar-refractivity contribution in [3.8, 4) is 6.07 Å². The molecule has 0 aromatic carbocycles. The zero-order chi connectivity index (χ0) is 12.7. The summed E-state index contributed by atoms with van der Waals surface area (Å²) in [6.45, 7) is 0. The Morgan fingerprint density at radius 3 is 2.71 bits per heavy atom. The number of hydrogen-bond acceptors (Lipinski definition) is 3. The van der Waals surface area contributed by atoms with Crippen LogP contribution in [0.3, 0.4) is 0 Å². The maximum atomic E-state index is 12.1. The van der Waals surface area contributed by atoms with Crippen molar-refractivity contribution in [2.24, 2.45) is 0 Å². The summed E-state index contributed by atoms with van der Waals surface area (Å²) < 4.78 is 0. The molecule has 0 saturated carbocycles. The van der Waals surface area contributed by atoms with E-state index in [9.17, 15) is 4.79 Å². The lowest BCUT2D eigenvalue weighted by Gasteiger charge is -2.11. The van der Waals surface area contributed by atoms with Gasteiger partial charge in [0.05, 0.1) is 0 Å². The van der Waals surface area contributed by atoms with Gasteiger partial charge in [-0.2, -0.15) is 5.26 Å². The van der Waals surface area contributed by atoms with Crippen molar-refractivity contribution >= 4 is 5.78 Å². The van der Waals surface area contributed by atoms with Crippen LogP contribution in [-0.2, 0) is 4.79 Å². The number of hydrogen-bond donors (Lipinski definition) is 0. The molecular formula is C14H20N2O. The molecule has 0 unspecified atom stereocenters. The van der Waals surface area contributed by atoms with Gasteiger partial charge in [0.1, 0.15) is 11.6 Å². The zero-order valence-electron chi connectivity index (χ0n) is 10.7. The summed E-state index contributed by atoms with van der Waals surface area (Å²) in [7, 11) is 3.63. The molecule has 0 heterocycles. The lowest BCUT2D eigenvalue weighted by Crippen LogP contribution is -2.11. The van der Waals surface area contributed by atoms with Crippen LogP contribution in [0.4, 0.5) is 0 Å². The molecule has 0 spiro atoms. The lowest BCUT2D eigenvalue weighted by molar-refractivity contribution is -0.112. The Bertz CT molecular complexity index is 372. The average molecular weight is 232 g/mol. The van der Waals surface area contributed by atoms with Gasteiger partial charge in [0.15, 0.2) is 0 Å². The Kier molecular flexibility index (Phi) is 5.48. The second-order valence-corrected chi connectivity index (χ2v) is 4.63. The van der Waals surface area contributed by atoms with Gasteiger partial charge in [-0.1, -0.05) is 18.9 Å². The average Bonchev–Trinajstić information content (AvgIpc) is 2.24. The topological polar surface area (TPSA) is 44.1 Å². The van der Waals surface area contributed by atoms with Gasteiger partial charge in [-0.25, -0.2) is 0 Å². The van der Waals surface area contributed by atoms with Crippen molar-refractivity contribution in [1.82, 2.24) is 4.90 Å². The summed E-state index contributed by atoms with van der Waals surface area (Å²) in [6.07, 6.45) is 10.0. The van der Waals surface area contributed by atoms with Crippen LogP contribution in [0.15, 0.2) is 23.4 Å². The molecule has 0 saturated heterocycles. The molecular weight excluding hydrogens is 212 g/mol. The maximum absolute atomic E-state index is 12.1. The number of ketones is 1. The smallest absolute Gasteiger partial charge is 0.200 e. The van der Waals surface area contributed by atoms with E-state index in [1.165, 1.54) is 12.8 Å². The monoisotopic (exact) mass is 232 g/mol. The Morgan fingerprint density at radius 2 is 2.06 bits per heavy atom. The fourth-order valence-electron chi connectivity index (χ4n) is 1.97. The quantitative estimate of drug-likeness (QED) is 0.555. The third-order valence-electron chi connectivity index (χ3n) is 2.84. The molecule has 1 aliphatic rings. The molecule has 1 rings (SSSR count). The minimum atomic E-state index is -0.0944. The van der Waals surface area contributed by atoms with E-state index in [0.717, 1.165) is 31.3 Å². The molecule has 3 nitrogen and oxygen atoms in total. The second kappa shape index (κ2) is 6.90. The van der Waals surface area contributed by atoms with Gasteiger partial charge in [0, 0.05) is 20.3 Å². The van der Waals surface area contributed by atoms with E-state index in [-0.39, 0.29) is 11.4 Å². The van der Waals surface area contributed by atoms with Crippen LogP contribution in [0.2, 0.25) is 0 Å². The summed E-state index contributed by atoms with van der Waals surface area (Å²) in [5, 5.41) is 9.01. The van der Waals surface area contributed by atoms with Crippen molar-refractivity contribution in [2.75, 3.05) is 14.1 Å². The van der Waals surface area contributed by atoms with Crippen LogP contribution in [0.1, 0.15) is 38.5 Å². The first-order chi connectivity index (χ1) is 8.15. The van der Waals surface area contributed by atoms with Crippen LogP contribution in [0.25, 0.3) is 0 Å². The number of nitrogens with zero attached hydrogens (tertiary/aromatic N) is 2. The van der Waals surface area contributed by atoms with Crippen molar-refractivity contribution in [3.63, 3.8) is 0 Å². The fraction of sp³-hybridized carbons (Fsp3) is 0.571. The highest BCUT2D eigenvalue weighted by molar-refractivity contribution is 6.10. The number of Topliss-reactive ketones (excluding diaryl/α,β-unsaturated/α-hetero) is 1. The third kappa shape index (κ3) is 4.44. The molecule has 0 radical (unpaired) electrons. The van der Waals surface area contributed by atoms with Crippen LogP contribution < -0.4 is 0 Å². The number of rotatable bonds is 3. The number of allylic oxidation sites excluding steroid dienone is 3. The molecule has 0 atom stereocenters. The Hall–Kier alpha value is -1.56. The van der Waals surface area contributed by atoms with Gasteiger partial charge in [-0.15, -0.1) is 0 Å². The SMILES string of the molecule is CN(C)/C=C(\C#N)C(=O)/C1=C/CCCCCC1. The molecule has 92 valence electrons. The Labute approximate surface area is 103 Å². The second-order valence-electron chi connectivity index (χ2n) is 4.63. The van der Waals surface area contributed by atoms with E-state index < -0.39 is 0 Å². The van der Waals surface area contributed by atoms with E-state index in [1.807, 2.05) is 26.2 Å². The summed E-state index contributed by atoms with van der Waals surface area (Å²) in [4.78, 5) is 13.9. The summed E-state index contributed by atoms with van der Waals surface area (Å²) >= 11 is 0. The predicted octanol–water partition coefficient (Wildman–Crippen LogP) is 2.81. The molecule has 0 aromatic heterocycles. The van der Waals surface area contributed by atoms with Crippen LogP contribution in [0.5, 0.6) is 0 Å². The van der Waals surface area contributed by atoms with E-state index >= 15 is 0 Å². The van der Waals surface area contributed by atoms with Gasteiger partial charge < -0.3 is 4.90 Å². The molecule has 0 N–H and O–H groups in total. The Balaban J connectivity index is 2.83. The molecule has 0 fully saturated rings. The highest BCUT2D eigenvalue weighted by Crippen LogP contribution is 2.20. The standard InChI is InChI=1S/C14H20N2O/c1-16(2)11-13(10-15)14(17)12-8-6-4-3-5-7-9-12/h8,11H,3-7,9H2,1-2H3/b12-8+,13-11+. The van der Waals surface area contributed by atoms with E-state index in [4.69, 9.17) is 5.26 Å². The highest BCUT2D eigenvalue weighted by atomic mass is 16.1. The first-order valence-corrected chi connectivity index (χ1v) is 6.17. The van der Waals surface area contributed by atoms with Crippen molar-refractivity contribution in [3.05, 3.63) is 23.4 Å². The van der Waals surface area contributed by atoms with Crippen molar-refractivity contribution in [2.45, 2.75) is 38.5 Å². The third-order valence-corrected chi connectivity index (χ3v) is 2.84.